The van der Waals surface area contributed by atoms with Gasteiger partial charge in [0.1, 0.15) is 6.10 Å². The average Bonchev–Trinajstić information content (AvgIpc) is 3.08. The van der Waals surface area contributed by atoms with Gasteiger partial charge in [0, 0.05) is 37.9 Å². The molecular weight excluding hydrogens is 458 g/mol. The molecule has 36 heavy (non-hydrogen) atoms. The molecule has 3 saturated carbocycles. The van der Waals surface area contributed by atoms with Crippen LogP contribution in [0.2, 0.25) is 0 Å². The Morgan fingerprint density at radius 2 is 1.86 bits per heavy atom. The number of nitrogens with one attached hydrogen (secondary N) is 2. The fourth-order valence-corrected chi connectivity index (χ4v) is 8.55. The standard InChI is InChI=1S/C28H43N3O5/c1-7-35-26(34)31-30-16(2)25-24(29-17(3)32)15-23-21-9-8-19-14-20(36-18(4)33)10-12-27(19,5)22(21)11-13-28(23,25)6/h8,20-25H,7,9-15H2,1-6H3,(H,29,32)(H,31,34)/t20-,21?,22?,23?,24+,25-,27-,28-/m0/s1. The van der Waals surface area contributed by atoms with Gasteiger partial charge in [-0.15, -0.1) is 0 Å². The number of hydrazone groups is 1. The zero-order chi connectivity index (χ0) is 26.3. The lowest BCUT2D eigenvalue weighted by Crippen LogP contribution is -2.51. The minimum atomic E-state index is -0.557. The summed E-state index contributed by atoms with van der Waals surface area (Å²) in [5, 5.41) is 7.65. The van der Waals surface area contributed by atoms with E-state index in [9.17, 15) is 14.4 Å². The van der Waals surface area contributed by atoms with Crippen LogP contribution in [0.15, 0.2) is 16.8 Å². The van der Waals surface area contributed by atoms with Gasteiger partial charge in [-0.05, 0) is 81.0 Å². The summed E-state index contributed by atoms with van der Waals surface area (Å²) in [6.45, 7) is 11.9. The van der Waals surface area contributed by atoms with Gasteiger partial charge < -0.3 is 14.8 Å². The predicted octanol–water partition coefficient (Wildman–Crippen LogP) is 4.73. The molecule has 4 aliphatic carbocycles. The molecular formula is C28H43N3O5. The summed E-state index contributed by atoms with van der Waals surface area (Å²) in [7, 11) is 0. The lowest BCUT2D eigenvalue weighted by Gasteiger charge is -2.58. The predicted molar refractivity (Wildman–Crippen MR) is 137 cm³/mol. The quantitative estimate of drug-likeness (QED) is 0.245. The van der Waals surface area contributed by atoms with Gasteiger partial charge in [-0.2, -0.15) is 5.10 Å². The van der Waals surface area contributed by atoms with E-state index in [1.165, 1.54) is 12.5 Å². The van der Waals surface area contributed by atoms with E-state index in [2.05, 4.69) is 35.8 Å². The number of ether oxygens (including phenoxy) is 2. The SMILES string of the molecule is CCOC(=O)NN=C(C)[C@H]1[C@H](NC(C)=O)CC2C3CC=C4C[C@@H](OC(C)=O)CC[C@]4(C)C3CC[C@@]21C. The van der Waals surface area contributed by atoms with Crippen LogP contribution in [-0.4, -0.2) is 42.4 Å². The Morgan fingerprint density at radius 3 is 2.53 bits per heavy atom. The minimum absolute atomic E-state index is 0.00185. The van der Waals surface area contributed by atoms with Crippen molar-refractivity contribution in [3.63, 3.8) is 0 Å². The van der Waals surface area contributed by atoms with E-state index in [0.29, 0.717) is 17.8 Å². The molecule has 0 spiro atoms. The number of rotatable bonds is 5. The molecule has 0 heterocycles. The van der Waals surface area contributed by atoms with Crippen LogP contribution in [0.5, 0.6) is 0 Å². The molecule has 3 fully saturated rings. The van der Waals surface area contributed by atoms with E-state index >= 15 is 0 Å². The molecule has 3 unspecified atom stereocenters. The number of hydrogen-bond acceptors (Lipinski definition) is 6. The molecule has 0 bridgehead atoms. The number of hydrogen-bond donors (Lipinski definition) is 2. The van der Waals surface area contributed by atoms with Crippen molar-refractivity contribution in [2.75, 3.05) is 6.61 Å². The van der Waals surface area contributed by atoms with Crippen LogP contribution in [0, 0.1) is 34.5 Å². The van der Waals surface area contributed by atoms with Gasteiger partial charge >= 0.3 is 12.1 Å². The van der Waals surface area contributed by atoms with Crippen molar-refractivity contribution in [1.82, 2.24) is 10.7 Å². The minimum Gasteiger partial charge on any atom is -0.462 e. The molecule has 0 saturated heterocycles. The molecule has 2 N–H and O–H groups in total. The summed E-state index contributed by atoms with van der Waals surface area (Å²) in [4.78, 5) is 35.6. The number of amides is 2. The summed E-state index contributed by atoms with van der Waals surface area (Å²) in [5.41, 5.74) is 4.95. The number of carbonyl (C=O) groups excluding carboxylic acids is 3. The van der Waals surface area contributed by atoms with Crippen molar-refractivity contribution in [3.05, 3.63) is 11.6 Å². The Balaban J connectivity index is 1.60. The van der Waals surface area contributed by atoms with Crippen molar-refractivity contribution in [2.45, 2.75) is 98.6 Å². The molecule has 0 aromatic heterocycles. The number of allylic oxidation sites excluding steroid dienone is 1. The monoisotopic (exact) mass is 501 g/mol. The van der Waals surface area contributed by atoms with Crippen molar-refractivity contribution < 1.29 is 23.9 Å². The van der Waals surface area contributed by atoms with Crippen LogP contribution in [-0.2, 0) is 19.1 Å². The maximum Gasteiger partial charge on any atom is 0.427 e. The Kier molecular flexibility index (Phi) is 7.54. The van der Waals surface area contributed by atoms with E-state index in [1.807, 2.05) is 6.92 Å². The lowest BCUT2D eigenvalue weighted by molar-refractivity contribution is -0.148. The number of esters is 1. The summed E-state index contributed by atoms with van der Waals surface area (Å²) in [5.74, 6) is 1.40. The molecule has 0 aromatic carbocycles. The van der Waals surface area contributed by atoms with Crippen molar-refractivity contribution in [2.24, 2.45) is 39.6 Å². The fourth-order valence-electron chi connectivity index (χ4n) is 8.55. The van der Waals surface area contributed by atoms with Gasteiger partial charge in [0.05, 0.1) is 6.61 Å². The molecule has 4 rings (SSSR count). The third kappa shape index (κ3) is 4.80. The molecule has 4 aliphatic rings. The molecule has 0 radical (unpaired) electrons. The number of carbonyl (C=O) groups is 3. The van der Waals surface area contributed by atoms with Gasteiger partial charge in [-0.1, -0.05) is 25.5 Å². The molecule has 8 nitrogen and oxygen atoms in total. The highest BCUT2D eigenvalue weighted by molar-refractivity contribution is 5.88. The first kappa shape index (κ1) is 26.7. The van der Waals surface area contributed by atoms with Gasteiger partial charge in [0.2, 0.25) is 5.91 Å². The van der Waals surface area contributed by atoms with Crippen LogP contribution in [0.1, 0.15) is 86.5 Å². The number of nitrogens with zero attached hydrogens (tertiary/aromatic N) is 1. The molecule has 0 aliphatic heterocycles. The highest BCUT2D eigenvalue weighted by atomic mass is 16.6. The lowest BCUT2D eigenvalue weighted by atomic mass is 9.47. The van der Waals surface area contributed by atoms with E-state index in [0.717, 1.165) is 50.7 Å². The third-order valence-corrected chi connectivity index (χ3v) is 9.89. The highest BCUT2D eigenvalue weighted by Crippen LogP contribution is 2.66. The highest BCUT2D eigenvalue weighted by Gasteiger charge is 2.62. The Hall–Kier alpha value is -2.38. The zero-order valence-corrected chi connectivity index (χ0v) is 22.7. The normalized spacial score (nSPS) is 39.6. The van der Waals surface area contributed by atoms with Gasteiger partial charge in [0.15, 0.2) is 0 Å². The van der Waals surface area contributed by atoms with Crippen molar-refractivity contribution in [3.8, 4) is 0 Å². The first-order valence-electron chi connectivity index (χ1n) is 13.6. The molecule has 200 valence electrons. The van der Waals surface area contributed by atoms with E-state index in [-0.39, 0.29) is 47.4 Å². The molecule has 2 amide bonds. The first-order valence-corrected chi connectivity index (χ1v) is 13.6. The number of fused-ring (bicyclic) bond motifs is 5. The van der Waals surface area contributed by atoms with Crippen molar-refractivity contribution in [1.29, 1.82) is 0 Å². The second-order valence-corrected chi connectivity index (χ2v) is 11.9. The Morgan fingerprint density at radius 1 is 1.11 bits per heavy atom. The van der Waals surface area contributed by atoms with Crippen LogP contribution < -0.4 is 10.7 Å². The maximum absolute atomic E-state index is 12.2. The molecule has 8 heteroatoms. The maximum atomic E-state index is 12.2. The van der Waals surface area contributed by atoms with Gasteiger partial charge in [0.25, 0.3) is 0 Å². The zero-order valence-electron chi connectivity index (χ0n) is 22.7. The van der Waals surface area contributed by atoms with Gasteiger partial charge in [-0.25, -0.2) is 10.2 Å². The van der Waals surface area contributed by atoms with Gasteiger partial charge in [-0.3, -0.25) is 9.59 Å². The third-order valence-electron chi connectivity index (χ3n) is 9.89. The summed E-state index contributed by atoms with van der Waals surface area (Å²) < 4.78 is 10.6. The Labute approximate surface area is 215 Å². The second-order valence-electron chi connectivity index (χ2n) is 11.9. The van der Waals surface area contributed by atoms with Crippen LogP contribution >= 0.6 is 0 Å². The Bertz CT molecular complexity index is 961. The molecule has 0 aromatic rings. The van der Waals surface area contributed by atoms with E-state index in [1.54, 1.807) is 13.8 Å². The first-order chi connectivity index (χ1) is 17.0. The van der Waals surface area contributed by atoms with E-state index < -0.39 is 6.09 Å². The average molecular weight is 502 g/mol. The summed E-state index contributed by atoms with van der Waals surface area (Å²) in [6, 6.07) is -0.0121. The fraction of sp³-hybridized carbons (Fsp3) is 0.786. The van der Waals surface area contributed by atoms with E-state index in [4.69, 9.17) is 9.47 Å². The smallest absolute Gasteiger partial charge is 0.427 e. The van der Waals surface area contributed by atoms with Crippen molar-refractivity contribution >= 4 is 23.7 Å². The van der Waals surface area contributed by atoms with Crippen LogP contribution in [0.25, 0.3) is 0 Å². The largest absolute Gasteiger partial charge is 0.462 e. The summed E-state index contributed by atoms with van der Waals surface area (Å²) in [6.07, 6.45) is 8.83. The topological polar surface area (TPSA) is 106 Å². The van der Waals surface area contributed by atoms with Crippen LogP contribution in [0.4, 0.5) is 4.79 Å². The van der Waals surface area contributed by atoms with Crippen LogP contribution in [0.3, 0.4) is 0 Å². The molecule has 8 atom stereocenters. The summed E-state index contributed by atoms with van der Waals surface area (Å²) >= 11 is 0. The second kappa shape index (κ2) is 10.2.